The highest BCUT2D eigenvalue weighted by molar-refractivity contribution is 5.87. The highest BCUT2D eigenvalue weighted by atomic mass is 15.3. The van der Waals surface area contributed by atoms with Gasteiger partial charge < -0.3 is 10.6 Å². The van der Waals surface area contributed by atoms with Gasteiger partial charge in [0.15, 0.2) is 5.65 Å². The lowest BCUT2D eigenvalue weighted by Gasteiger charge is -2.32. The van der Waals surface area contributed by atoms with Crippen LogP contribution in [0.3, 0.4) is 0 Å². The molecule has 2 saturated heterocycles. The van der Waals surface area contributed by atoms with Crippen molar-refractivity contribution in [2.75, 3.05) is 36.8 Å². The van der Waals surface area contributed by atoms with E-state index in [0.717, 1.165) is 29.9 Å². The van der Waals surface area contributed by atoms with Gasteiger partial charge in [0, 0.05) is 19.1 Å². The van der Waals surface area contributed by atoms with E-state index in [0.29, 0.717) is 12.0 Å². The van der Waals surface area contributed by atoms with Crippen molar-refractivity contribution < 1.29 is 0 Å². The van der Waals surface area contributed by atoms with Crippen molar-refractivity contribution in [1.29, 1.82) is 0 Å². The van der Waals surface area contributed by atoms with Gasteiger partial charge in [-0.2, -0.15) is 15.1 Å². The van der Waals surface area contributed by atoms with E-state index in [-0.39, 0.29) is 0 Å². The van der Waals surface area contributed by atoms with Crippen LogP contribution in [0.4, 0.5) is 11.8 Å². The van der Waals surface area contributed by atoms with Gasteiger partial charge in [0.05, 0.1) is 11.6 Å². The first kappa shape index (κ1) is 12.8. The Balaban J connectivity index is 1.57. The van der Waals surface area contributed by atoms with Gasteiger partial charge in [0.25, 0.3) is 0 Å². The van der Waals surface area contributed by atoms with Crippen LogP contribution < -0.4 is 10.6 Å². The number of nitrogens with zero attached hydrogens (tertiary/aromatic N) is 5. The zero-order chi connectivity index (χ0) is 14.2. The number of nitrogen functional groups attached to an aromatic ring is 1. The fraction of sp³-hybridized carbons (Fsp3) is 0.643. The zero-order valence-electron chi connectivity index (χ0n) is 12.1. The van der Waals surface area contributed by atoms with Crippen molar-refractivity contribution in [2.45, 2.75) is 31.7 Å². The number of H-pyrrole nitrogens is 1. The fourth-order valence-electron chi connectivity index (χ4n) is 3.59. The summed E-state index contributed by atoms with van der Waals surface area (Å²) in [5.74, 6) is 1.23. The molecule has 4 heterocycles. The number of nitrogens with one attached hydrogen (secondary N) is 1. The minimum atomic E-state index is 0.308. The molecule has 2 aromatic rings. The number of anilines is 2. The summed E-state index contributed by atoms with van der Waals surface area (Å²) in [5.41, 5.74) is 6.54. The molecule has 0 amide bonds. The number of hydrogen-bond acceptors (Lipinski definition) is 6. The average molecular weight is 287 g/mol. The lowest BCUT2D eigenvalue weighted by atomic mass is 10.1. The Hall–Kier alpha value is -1.89. The molecule has 2 aliphatic heterocycles. The molecule has 7 heteroatoms. The number of rotatable bonds is 2. The zero-order valence-corrected chi connectivity index (χ0v) is 12.1. The minimum absolute atomic E-state index is 0.308. The summed E-state index contributed by atoms with van der Waals surface area (Å²) in [6, 6.07) is 0.642. The van der Waals surface area contributed by atoms with Crippen LogP contribution >= 0.6 is 0 Å². The molecule has 0 bridgehead atoms. The van der Waals surface area contributed by atoms with E-state index in [1.54, 1.807) is 6.20 Å². The van der Waals surface area contributed by atoms with Gasteiger partial charge in [-0.25, -0.2) is 0 Å². The van der Waals surface area contributed by atoms with E-state index < -0.39 is 0 Å². The molecule has 0 spiro atoms. The first-order valence-corrected chi connectivity index (χ1v) is 7.77. The number of nitrogens with two attached hydrogens (primary N) is 1. The summed E-state index contributed by atoms with van der Waals surface area (Å²) < 4.78 is 0. The Morgan fingerprint density at radius 3 is 2.86 bits per heavy atom. The van der Waals surface area contributed by atoms with Crippen LogP contribution in [0.1, 0.15) is 25.7 Å². The van der Waals surface area contributed by atoms with E-state index in [1.165, 1.54) is 38.8 Å². The third kappa shape index (κ3) is 2.31. The molecule has 3 N–H and O–H groups in total. The van der Waals surface area contributed by atoms with Crippen molar-refractivity contribution >= 4 is 22.8 Å². The van der Waals surface area contributed by atoms with Crippen LogP contribution in [0.15, 0.2) is 6.20 Å². The van der Waals surface area contributed by atoms with Gasteiger partial charge in [-0.1, -0.05) is 6.42 Å². The van der Waals surface area contributed by atoms with Crippen LogP contribution in [0.2, 0.25) is 0 Å². The normalized spacial score (nSPS) is 24.0. The molecule has 2 aromatic heterocycles. The monoisotopic (exact) mass is 287 g/mol. The van der Waals surface area contributed by atoms with Crippen LogP contribution in [-0.4, -0.2) is 57.3 Å². The van der Waals surface area contributed by atoms with E-state index in [2.05, 4.69) is 30.0 Å². The van der Waals surface area contributed by atoms with Crippen LogP contribution in [0.25, 0.3) is 11.0 Å². The molecule has 112 valence electrons. The first-order valence-electron chi connectivity index (χ1n) is 7.77. The average Bonchev–Trinajstić information content (AvgIpc) is 3.16. The Kier molecular flexibility index (Phi) is 3.14. The van der Waals surface area contributed by atoms with E-state index in [4.69, 9.17) is 5.73 Å². The Bertz CT molecular complexity index is 631. The SMILES string of the molecule is Nc1nc(N2CCC(N3CCCCC3)C2)c2cn[nH]c2n1. The van der Waals surface area contributed by atoms with Crippen molar-refractivity contribution in [3.8, 4) is 0 Å². The van der Waals surface area contributed by atoms with Crippen molar-refractivity contribution in [3.63, 3.8) is 0 Å². The summed E-state index contributed by atoms with van der Waals surface area (Å²) in [4.78, 5) is 13.6. The Morgan fingerprint density at radius 2 is 2.00 bits per heavy atom. The van der Waals surface area contributed by atoms with Gasteiger partial charge in [-0.15, -0.1) is 0 Å². The van der Waals surface area contributed by atoms with Gasteiger partial charge in [0.1, 0.15) is 5.82 Å². The van der Waals surface area contributed by atoms with Crippen molar-refractivity contribution in [1.82, 2.24) is 25.1 Å². The second-order valence-corrected chi connectivity index (χ2v) is 6.02. The number of aromatic nitrogens is 4. The number of aromatic amines is 1. The quantitative estimate of drug-likeness (QED) is 0.857. The number of fused-ring (bicyclic) bond motifs is 1. The van der Waals surface area contributed by atoms with E-state index in [1.807, 2.05) is 0 Å². The summed E-state index contributed by atoms with van der Waals surface area (Å²) in [7, 11) is 0. The largest absolute Gasteiger partial charge is 0.368 e. The standard InChI is InChI=1S/C14H21N7/c15-14-17-12-11(8-16-19-12)13(18-14)21-7-4-10(9-21)20-5-2-1-3-6-20/h8,10H,1-7,9H2,(H3,15,16,17,18,19). The first-order chi connectivity index (χ1) is 10.3. The predicted octanol–water partition coefficient (Wildman–Crippen LogP) is 1.000. The summed E-state index contributed by atoms with van der Waals surface area (Å²) in [6.07, 6.45) is 7.04. The number of likely N-dealkylation sites (tertiary alicyclic amines) is 1. The lowest BCUT2D eigenvalue weighted by Crippen LogP contribution is -2.41. The maximum absolute atomic E-state index is 5.82. The molecule has 7 nitrogen and oxygen atoms in total. The third-order valence-electron chi connectivity index (χ3n) is 4.68. The molecular weight excluding hydrogens is 266 g/mol. The Labute approximate surface area is 123 Å². The smallest absolute Gasteiger partial charge is 0.224 e. The predicted molar refractivity (Wildman–Crippen MR) is 82.1 cm³/mol. The fourth-order valence-corrected chi connectivity index (χ4v) is 3.59. The highest BCUT2D eigenvalue weighted by Gasteiger charge is 2.30. The summed E-state index contributed by atoms with van der Waals surface area (Å²) in [5, 5.41) is 7.91. The maximum Gasteiger partial charge on any atom is 0.224 e. The maximum atomic E-state index is 5.82. The second-order valence-electron chi connectivity index (χ2n) is 6.02. The molecule has 0 saturated carbocycles. The Morgan fingerprint density at radius 1 is 1.14 bits per heavy atom. The summed E-state index contributed by atoms with van der Waals surface area (Å²) >= 11 is 0. The van der Waals surface area contributed by atoms with Gasteiger partial charge >= 0.3 is 0 Å². The number of piperidine rings is 1. The van der Waals surface area contributed by atoms with E-state index in [9.17, 15) is 0 Å². The molecule has 1 atom stereocenters. The second kappa shape index (κ2) is 5.14. The molecule has 21 heavy (non-hydrogen) atoms. The van der Waals surface area contributed by atoms with Crippen molar-refractivity contribution in [3.05, 3.63) is 6.20 Å². The summed E-state index contributed by atoms with van der Waals surface area (Å²) in [6.45, 7) is 4.53. The van der Waals surface area contributed by atoms with Crippen LogP contribution in [0, 0.1) is 0 Å². The van der Waals surface area contributed by atoms with Crippen molar-refractivity contribution in [2.24, 2.45) is 0 Å². The van der Waals surface area contributed by atoms with Gasteiger partial charge in [-0.05, 0) is 32.4 Å². The third-order valence-corrected chi connectivity index (χ3v) is 4.68. The number of hydrogen-bond donors (Lipinski definition) is 2. The van der Waals surface area contributed by atoms with E-state index >= 15 is 0 Å². The van der Waals surface area contributed by atoms with Crippen LogP contribution in [-0.2, 0) is 0 Å². The van der Waals surface area contributed by atoms with Crippen LogP contribution in [0.5, 0.6) is 0 Å². The topological polar surface area (TPSA) is 87.0 Å². The molecule has 0 aliphatic carbocycles. The molecule has 2 fully saturated rings. The van der Waals surface area contributed by atoms with Gasteiger partial charge in [-0.3, -0.25) is 10.00 Å². The molecule has 0 aromatic carbocycles. The molecule has 0 radical (unpaired) electrons. The molecule has 1 unspecified atom stereocenters. The van der Waals surface area contributed by atoms with Gasteiger partial charge in [0.2, 0.25) is 5.95 Å². The molecule has 2 aliphatic rings. The molecule has 4 rings (SSSR count). The molecular formula is C14H21N7. The lowest BCUT2D eigenvalue weighted by molar-refractivity contribution is 0.175. The minimum Gasteiger partial charge on any atom is -0.368 e. The highest BCUT2D eigenvalue weighted by Crippen LogP contribution is 2.28.